The Balaban J connectivity index is 1.43. The Morgan fingerprint density at radius 2 is 1.65 bits per heavy atom. The summed E-state index contributed by atoms with van der Waals surface area (Å²) in [6.07, 6.45) is 2.26. The number of amides is 2. The maximum Gasteiger partial charge on any atom is 0.305 e. The molecule has 9 heteroatoms. The van der Waals surface area contributed by atoms with Gasteiger partial charge in [0.2, 0.25) is 0 Å². The number of aryl methyl sites for hydroxylation is 2. The lowest BCUT2D eigenvalue weighted by Crippen LogP contribution is -2.41. The van der Waals surface area contributed by atoms with E-state index in [-0.39, 0.29) is 5.76 Å². The zero-order valence-corrected chi connectivity index (χ0v) is 19.7. The lowest BCUT2D eigenvalue weighted by molar-refractivity contribution is 0.0829. The maximum atomic E-state index is 12.7. The Kier molecular flexibility index (Phi) is 7.03. The second-order valence-corrected chi connectivity index (χ2v) is 8.38. The Hall–Kier alpha value is -3.98. The molecule has 2 aromatic carbocycles. The van der Waals surface area contributed by atoms with Gasteiger partial charge in [-0.25, -0.2) is 0 Å². The zero-order valence-electron chi connectivity index (χ0n) is 18.9. The average Bonchev–Trinajstić information content (AvgIpc) is 3.19. The summed E-state index contributed by atoms with van der Waals surface area (Å²) in [5.74, 6) is -0.0934. The third kappa shape index (κ3) is 5.32. The summed E-state index contributed by atoms with van der Waals surface area (Å²) in [5.41, 5.74) is 12.3. The molecular weight excluding hydrogens is 450 g/mol. The molecule has 0 aliphatic heterocycles. The van der Waals surface area contributed by atoms with Crippen LogP contribution in [0.2, 0.25) is 0 Å². The summed E-state index contributed by atoms with van der Waals surface area (Å²) >= 11 is 5.33. The molecule has 1 heterocycles. The number of hydrazone groups is 1. The molecule has 8 nitrogen and oxygen atoms in total. The summed E-state index contributed by atoms with van der Waals surface area (Å²) in [6, 6.07) is 16.6. The van der Waals surface area contributed by atoms with E-state index in [0.717, 1.165) is 35.4 Å². The predicted octanol–water partition coefficient (Wildman–Crippen LogP) is 4.00. The number of hydrazine groups is 1. The monoisotopic (exact) mass is 475 g/mol. The SMILES string of the molecule is Cc1ccc(C(=O)NNC(=O)c2oc3c(c2C)/C(=N/NC(=S)Nc2ccccc2)CCC3)cc1. The number of rotatable bonds is 4. The summed E-state index contributed by atoms with van der Waals surface area (Å²) in [7, 11) is 0. The highest BCUT2D eigenvalue weighted by molar-refractivity contribution is 7.80. The van der Waals surface area contributed by atoms with Gasteiger partial charge in [0.1, 0.15) is 5.76 Å². The van der Waals surface area contributed by atoms with E-state index in [1.165, 1.54) is 0 Å². The Bertz CT molecular complexity index is 1250. The second kappa shape index (κ2) is 10.3. The van der Waals surface area contributed by atoms with Crippen molar-refractivity contribution in [2.24, 2.45) is 5.10 Å². The second-order valence-electron chi connectivity index (χ2n) is 7.97. The number of carbonyl (C=O) groups excluding carboxylic acids is 2. The first-order valence-electron chi connectivity index (χ1n) is 10.9. The summed E-state index contributed by atoms with van der Waals surface area (Å²) in [5, 5.41) is 7.91. The highest BCUT2D eigenvalue weighted by atomic mass is 32.1. The molecule has 0 bridgehead atoms. The van der Waals surface area contributed by atoms with E-state index in [4.69, 9.17) is 16.6 Å². The molecule has 0 radical (unpaired) electrons. The van der Waals surface area contributed by atoms with Gasteiger partial charge in [-0.05, 0) is 63.2 Å². The van der Waals surface area contributed by atoms with Crippen LogP contribution in [0.3, 0.4) is 0 Å². The first-order chi connectivity index (χ1) is 16.4. The van der Waals surface area contributed by atoms with Crippen molar-refractivity contribution in [2.45, 2.75) is 33.1 Å². The van der Waals surface area contributed by atoms with Crippen molar-refractivity contribution in [3.05, 3.63) is 88.4 Å². The standard InChI is InChI=1S/C25H25N5O3S/c1-15-11-13-17(14-12-15)23(31)28-29-24(32)22-16(2)21-19(9-6-10-20(21)33-22)27-30-25(34)26-18-7-4-3-5-8-18/h3-5,7-8,11-14H,6,9-10H2,1-2H3,(H,28,31)(H,29,32)(H2,26,30,34)/b27-19+. The average molecular weight is 476 g/mol. The summed E-state index contributed by atoms with van der Waals surface area (Å²) in [4.78, 5) is 25.0. The van der Waals surface area contributed by atoms with Crippen molar-refractivity contribution >= 4 is 40.5 Å². The third-order valence-corrected chi connectivity index (χ3v) is 5.65. The lowest BCUT2D eigenvalue weighted by atomic mass is 9.93. The van der Waals surface area contributed by atoms with Crippen molar-refractivity contribution in [1.29, 1.82) is 0 Å². The van der Waals surface area contributed by atoms with E-state index in [1.54, 1.807) is 19.1 Å². The van der Waals surface area contributed by atoms with Crippen LogP contribution in [0.4, 0.5) is 5.69 Å². The number of para-hydroxylation sites is 1. The van der Waals surface area contributed by atoms with Crippen LogP contribution in [-0.4, -0.2) is 22.6 Å². The molecule has 0 unspecified atom stereocenters. The van der Waals surface area contributed by atoms with Gasteiger partial charge in [0.15, 0.2) is 10.9 Å². The van der Waals surface area contributed by atoms with Crippen molar-refractivity contribution in [3.8, 4) is 0 Å². The van der Waals surface area contributed by atoms with Crippen molar-refractivity contribution in [2.75, 3.05) is 5.32 Å². The fourth-order valence-corrected chi connectivity index (χ4v) is 3.91. The Morgan fingerprint density at radius 3 is 2.38 bits per heavy atom. The molecule has 174 valence electrons. The molecule has 0 spiro atoms. The minimum atomic E-state index is -0.527. The molecule has 0 saturated heterocycles. The molecule has 1 aliphatic rings. The largest absolute Gasteiger partial charge is 0.455 e. The number of fused-ring (bicyclic) bond motifs is 1. The normalized spacial score (nSPS) is 13.6. The molecule has 4 N–H and O–H groups in total. The third-order valence-electron chi connectivity index (χ3n) is 5.46. The minimum Gasteiger partial charge on any atom is -0.455 e. The van der Waals surface area contributed by atoms with Gasteiger partial charge in [0.25, 0.3) is 5.91 Å². The van der Waals surface area contributed by atoms with Crippen LogP contribution in [0.15, 0.2) is 64.1 Å². The van der Waals surface area contributed by atoms with Crippen LogP contribution >= 0.6 is 12.2 Å². The fourth-order valence-electron chi connectivity index (χ4n) is 3.74. The number of thiocarbonyl (C=S) groups is 1. The molecule has 4 rings (SSSR count). The van der Waals surface area contributed by atoms with Crippen LogP contribution < -0.4 is 21.6 Å². The number of nitrogens with one attached hydrogen (secondary N) is 4. The van der Waals surface area contributed by atoms with Crippen LogP contribution in [0.25, 0.3) is 0 Å². The zero-order chi connectivity index (χ0) is 24.1. The summed E-state index contributed by atoms with van der Waals surface area (Å²) < 4.78 is 5.86. The van der Waals surface area contributed by atoms with Crippen molar-refractivity contribution < 1.29 is 14.0 Å². The van der Waals surface area contributed by atoms with Gasteiger partial charge >= 0.3 is 5.91 Å². The van der Waals surface area contributed by atoms with Gasteiger partial charge in [0, 0.05) is 28.8 Å². The molecule has 0 fully saturated rings. The van der Waals surface area contributed by atoms with Gasteiger partial charge in [0.05, 0.1) is 5.71 Å². The van der Waals surface area contributed by atoms with Gasteiger partial charge in [-0.15, -0.1) is 0 Å². The Labute approximate surface area is 202 Å². The smallest absolute Gasteiger partial charge is 0.305 e. The molecular formula is C25H25N5O3S. The summed E-state index contributed by atoms with van der Waals surface area (Å²) in [6.45, 7) is 3.74. The predicted molar refractivity (Wildman–Crippen MR) is 135 cm³/mol. The number of carbonyl (C=O) groups is 2. The maximum absolute atomic E-state index is 12.7. The highest BCUT2D eigenvalue weighted by Crippen LogP contribution is 2.29. The molecule has 1 aromatic heterocycles. The molecule has 0 saturated carbocycles. The van der Waals surface area contributed by atoms with Gasteiger partial charge < -0.3 is 9.73 Å². The molecule has 2 amide bonds. The molecule has 0 atom stereocenters. The molecule has 3 aromatic rings. The first kappa shape index (κ1) is 23.2. The van der Waals surface area contributed by atoms with Crippen LogP contribution in [0.1, 0.15) is 56.2 Å². The lowest BCUT2D eigenvalue weighted by Gasteiger charge is -2.14. The fraction of sp³-hybridized carbons (Fsp3) is 0.200. The quantitative estimate of drug-likeness (QED) is 0.336. The number of hydrogen-bond acceptors (Lipinski definition) is 5. The van der Waals surface area contributed by atoms with E-state index < -0.39 is 11.8 Å². The van der Waals surface area contributed by atoms with E-state index in [2.05, 4.69) is 26.7 Å². The number of furan rings is 1. The Morgan fingerprint density at radius 1 is 0.941 bits per heavy atom. The van der Waals surface area contributed by atoms with Crippen LogP contribution in [0.5, 0.6) is 0 Å². The highest BCUT2D eigenvalue weighted by Gasteiger charge is 2.28. The minimum absolute atomic E-state index is 0.147. The van der Waals surface area contributed by atoms with E-state index in [0.29, 0.717) is 28.4 Å². The molecule has 1 aliphatic carbocycles. The molecule has 34 heavy (non-hydrogen) atoms. The first-order valence-corrected chi connectivity index (χ1v) is 11.3. The number of hydrogen-bond donors (Lipinski definition) is 4. The number of anilines is 1. The van der Waals surface area contributed by atoms with Gasteiger partial charge in [-0.3, -0.25) is 25.9 Å². The van der Waals surface area contributed by atoms with E-state index >= 15 is 0 Å². The van der Waals surface area contributed by atoms with Crippen molar-refractivity contribution in [1.82, 2.24) is 16.3 Å². The van der Waals surface area contributed by atoms with E-state index in [1.807, 2.05) is 49.4 Å². The van der Waals surface area contributed by atoms with Gasteiger partial charge in [-0.2, -0.15) is 5.10 Å². The van der Waals surface area contributed by atoms with Crippen LogP contribution in [-0.2, 0) is 6.42 Å². The van der Waals surface area contributed by atoms with Gasteiger partial charge in [-0.1, -0.05) is 35.9 Å². The van der Waals surface area contributed by atoms with Crippen LogP contribution in [0, 0.1) is 13.8 Å². The number of nitrogens with zero attached hydrogens (tertiary/aromatic N) is 1. The van der Waals surface area contributed by atoms with E-state index in [9.17, 15) is 9.59 Å². The van der Waals surface area contributed by atoms with Crippen molar-refractivity contribution in [3.63, 3.8) is 0 Å². The number of benzene rings is 2. The topological polar surface area (TPSA) is 108 Å².